The highest BCUT2D eigenvalue weighted by Gasteiger charge is 2.26. The Morgan fingerprint density at radius 3 is 2.30 bits per heavy atom. The third kappa shape index (κ3) is 3.63. The first-order chi connectivity index (χ1) is 13.2. The lowest BCUT2D eigenvalue weighted by molar-refractivity contribution is 0.303. The zero-order valence-corrected chi connectivity index (χ0v) is 15.8. The van der Waals surface area contributed by atoms with Gasteiger partial charge in [0.1, 0.15) is 0 Å². The van der Waals surface area contributed by atoms with Crippen molar-refractivity contribution in [3.8, 4) is 11.1 Å². The van der Waals surface area contributed by atoms with Crippen LogP contribution in [0, 0.1) is 17.6 Å². The quantitative estimate of drug-likeness (QED) is 0.442. The molecular weight excluding hydrogens is 338 g/mol. The predicted octanol–water partition coefficient (Wildman–Crippen LogP) is 7.86. The molecular formula is C25H26F2. The van der Waals surface area contributed by atoms with Crippen LogP contribution < -0.4 is 0 Å². The van der Waals surface area contributed by atoms with Crippen LogP contribution in [0.1, 0.15) is 56.9 Å². The number of hydrogen-bond acceptors (Lipinski definition) is 0. The molecule has 0 heterocycles. The van der Waals surface area contributed by atoms with Crippen molar-refractivity contribution in [1.82, 2.24) is 0 Å². The SMILES string of the molecule is CCCC1CCC(c2ccc(-c3ccc4ccccc4c3)c(F)c2F)CC1. The van der Waals surface area contributed by atoms with Crippen LogP contribution in [-0.4, -0.2) is 0 Å². The highest BCUT2D eigenvalue weighted by Crippen LogP contribution is 2.40. The second-order valence-corrected chi connectivity index (χ2v) is 7.90. The number of benzene rings is 3. The van der Waals surface area contributed by atoms with E-state index >= 15 is 0 Å². The third-order valence-electron chi connectivity index (χ3n) is 6.16. The standard InChI is InChI=1S/C25H26F2/c1-2-5-17-8-10-19(11-9-17)22-14-15-23(25(27)24(22)26)21-13-12-18-6-3-4-7-20(18)16-21/h3-4,6-7,12-17,19H,2,5,8-11H2,1H3. The molecule has 1 fully saturated rings. The smallest absolute Gasteiger partial charge is 0.166 e. The van der Waals surface area contributed by atoms with Gasteiger partial charge in [-0.15, -0.1) is 0 Å². The molecule has 3 aromatic rings. The molecule has 0 bridgehead atoms. The summed E-state index contributed by atoms with van der Waals surface area (Å²) in [5, 5.41) is 2.13. The molecule has 0 aliphatic heterocycles. The van der Waals surface area contributed by atoms with Crippen LogP contribution in [0.25, 0.3) is 21.9 Å². The van der Waals surface area contributed by atoms with E-state index in [0.717, 1.165) is 47.9 Å². The molecule has 0 N–H and O–H groups in total. The van der Waals surface area contributed by atoms with Gasteiger partial charge in [0.2, 0.25) is 0 Å². The van der Waals surface area contributed by atoms with E-state index in [0.29, 0.717) is 11.1 Å². The fourth-order valence-corrected chi connectivity index (χ4v) is 4.63. The minimum Gasteiger partial charge on any atom is -0.203 e. The van der Waals surface area contributed by atoms with Crippen molar-refractivity contribution in [2.75, 3.05) is 0 Å². The molecule has 2 heteroatoms. The van der Waals surface area contributed by atoms with Gasteiger partial charge in [0.25, 0.3) is 0 Å². The lowest BCUT2D eigenvalue weighted by Crippen LogP contribution is -2.14. The normalized spacial score (nSPS) is 20.1. The fourth-order valence-electron chi connectivity index (χ4n) is 4.63. The maximum Gasteiger partial charge on any atom is 0.166 e. The Bertz CT molecular complexity index is 936. The average molecular weight is 364 g/mol. The average Bonchev–Trinajstić information content (AvgIpc) is 2.71. The maximum absolute atomic E-state index is 14.9. The van der Waals surface area contributed by atoms with E-state index in [2.05, 4.69) is 6.92 Å². The van der Waals surface area contributed by atoms with E-state index in [4.69, 9.17) is 0 Å². The molecule has 0 amide bonds. The maximum atomic E-state index is 14.9. The summed E-state index contributed by atoms with van der Waals surface area (Å²) in [6.45, 7) is 2.21. The van der Waals surface area contributed by atoms with Gasteiger partial charge in [0.05, 0.1) is 0 Å². The molecule has 27 heavy (non-hydrogen) atoms. The molecule has 0 saturated heterocycles. The summed E-state index contributed by atoms with van der Waals surface area (Å²) in [5.41, 5.74) is 1.64. The molecule has 1 aliphatic rings. The molecule has 3 aromatic carbocycles. The Morgan fingerprint density at radius 2 is 1.56 bits per heavy atom. The number of halogens is 2. The van der Waals surface area contributed by atoms with Gasteiger partial charge in [-0.2, -0.15) is 0 Å². The van der Waals surface area contributed by atoms with E-state index in [9.17, 15) is 8.78 Å². The van der Waals surface area contributed by atoms with E-state index in [1.54, 1.807) is 6.07 Å². The van der Waals surface area contributed by atoms with Gasteiger partial charge in [0.15, 0.2) is 11.6 Å². The molecule has 4 rings (SSSR count). The van der Waals surface area contributed by atoms with Crippen molar-refractivity contribution in [3.63, 3.8) is 0 Å². The van der Waals surface area contributed by atoms with Crippen LogP contribution >= 0.6 is 0 Å². The van der Waals surface area contributed by atoms with Crippen molar-refractivity contribution < 1.29 is 8.78 Å². The van der Waals surface area contributed by atoms with Crippen LogP contribution in [-0.2, 0) is 0 Å². The van der Waals surface area contributed by atoms with Crippen LogP contribution in [0.2, 0.25) is 0 Å². The van der Waals surface area contributed by atoms with E-state index < -0.39 is 11.6 Å². The molecule has 140 valence electrons. The van der Waals surface area contributed by atoms with Crippen LogP contribution in [0.15, 0.2) is 54.6 Å². The summed E-state index contributed by atoms with van der Waals surface area (Å²) in [7, 11) is 0. The lowest BCUT2D eigenvalue weighted by atomic mass is 9.77. The Kier molecular flexibility index (Phi) is 5.24. The molecule has 0 aromatic heterocycles. The predicted molar refractivity (Wildman–Crippen MR) is 109 cm³/mol. The highest BCUT2D eigenvalue weighted by molar-refractivity contribution is 5.87. The Balaban J connectivity index is 1.62. The Hall–Kier alpha value is -2.22. The zero-order chi connectivity index (χ0) is 18.8. The minimum absolute atomic E-state index is 0.151. The molecule has 1 saturated carbocycles. The van der Waals surface area contributed by atoms with Gasteiger partial charge in [-0.05, 0) is 65.5 Å². The molecule has 0 radical (unpaired) electrons. The Morgan fingerprint density at radius 1 is 0.815 bits per heavy atom. The topological polar surface area (TPSA) is 0 Å². The first kappa shape index (κ1) is 18.2. The molecule has 0 atom stereocenters. The van der Waals surface area contributed by atoms with E-state index in [1.165, 1.54) is 12.8 Å². The molecule has 0 spiro atoms. The van der Waals surface area contributed by atoms with Gasteiger partial charge in [-0.1, -0.05) is 68.3 Å². The largest absolute Gasteiger partial charge is 0.203 e. The highest BCUT2D eigenvalue weighted by atomic mass is 19.2. The van der Waals surface area contributed by atoms with Gasteiger partial charge in [0, 0.05) is 5.56 Å². The van der Waals surface area contributed by atoms with Crippen molar-refractivity contribution in [2.24, 2.45) is 5.92 Å². The summed E-state index contributed by atoms with van der Waals surface area (Å²) < 4.78 is 29.8. The van der Waals surface area contributed by atoms with Gasteiger partial charge in [-0.3, -0.25) is 0 Å². The van der Waals surface area contributed by atoms with Gasteiger partial charge < -0.3 is 0 Å². The van der Waals surface area contributed by atoms with Crippen LogP contribution in [0.3, 0.4) is 0 Å². The van der Waals surface area contributed by atoms with Gasteiger partial charge in [-0.25, -0.2) is 8.78 Å². The minimum atomic E-state index is -0.710. The Labute approximate surface area is 160 Å². The fraction of sp³-hybridized carbons (Fsp3) is 0.360. The first-order valence-corrected chi connectivity index (χ1v) is 10.1. The molecule has 0 nitrogen and oxygen atoms in total. The molecule has 0 unspecified atom stereocenters. The summed E-state index contributed by atoms with van der Waals surface area (Å²) >= 11 is 0. The number of fused-ring (bicyclic) bond motifs is 1. The van der Waals surface area contributed by atoms with Crippen molar-refractivity contribution >= 4 is 10.8 Å². The van der Waals surface area contributed by atoms with Crippen molar-refractivity contribution in [3.05, 3.63) is 71.8 Å². The van der Waals surface area contributed by atoms with Crippen LogP contribution in [0.4, 0.5) is 8.78 Å². The van der Waals surface area contributed by atoms with Crippen molar-refractivity contribution in [2.45, 2.75) is 51.4 Å². The zero-order valence-electron chi connectivity index (χ0n) is 15.8. The number of rotatable bonds is 4. The first-order valence-electron chi connectivity index (χ1n) is 10.1. The molecule has 1 aliphatic carbocycles. The monoisotopic (exact) mass is 364 g/mol. The number of hydrogen-bond donors (Lipinski definition) is 0. The summed E-state index contributed by atoms with van der Waals surface area (Å²) in [6.07, 6.45) is 6.66. The van der Waals surface area contributed by atoms with E-state index in [1.807, 2.05) is 48.5 Å². The van der Waals surface area contributed by atoms with Crippen molar-refractivity contribution in [1.29, 1.82) is 0 Å². The summed E-state index contributed by atoms with van der Waals surface area (Å²) in [4.78, 5) is 0. The second-order valence-electron chi connectivity index (χ2n) is 7.90. The van der Waals surface area contributed by atoms with E-state index in [-0.39, 0.29) is 5.92 Å². The summed E-state index contributed by atoms with van der Waals surface area (Å²) in [6, 6.07) is 17.3. The third-order valence-corrected chi connectivity index (χ3v) is 6.16. The van der Waals surface area contributed by atoms with Crippen LogP contribution in [0.5, 0.6) is 0 Å². The van der Waals surface area contributed by atoms with Gasteiger partial charge >= 0.3 is 0 Å². The lowest BCUT2D eigenvalue weighted by Gasteiger charge is -2.29. The second kappa shape index (κ2) is 7.80. The summed E-state index contributed by atoms with van der Waals surface area (Å²) in [5.74, 6) is -0.452.